The standard InChI is InChI=1S/C13H10FNOS2/c14-9-4-2-1-3-8(9)12-13-10(5-6-17-13)15-11(16)7-18-12/h1-6,12H,7H2,(H,15,16)/t12-/m0/s1. The summed E-state index contributed by atoms with van der Waals surface area (Å²) in [6.45, 7) is 0. The van der Waals surface area contributed by atoms with Gasteiger partial charge in [0.1, 0.15) is 5.82 Å². The Bertz CT molecular complexity index is 596. The van der Waals surface area contributed by atoms with Gasteiger partial charge in [-0.25, -0.2) is 4.39 Å². The Balaban J connectivity index is 2.08. The van der Waals surface area contributed by atoms with E-state index >= 15 is 0 Å². The van der Waals surface area contributed by atoms with Crippen molar-refractivity contribution in [3.63, 3.8) is 0 Å². The molecule has 0 radical (unpaired) electrons. The number of thioether (sulfide) groups is 1. The molecule has 1 atom stereocenters. The zero-order chi connectivity index (χ0) is 12.5. The fourth-order valence-corrected chi connectivity index (χ4v) is 4.22. The third-order valence-corrected chi connectivity index (χ3v) is 5.16. The molecule has 0 unspecified atom stereocenters. The summed E-state index contributed by atoms with van der Waals surface area (Å²) in [7, 11) is 0. The van der Waals surface area contributed by atoms with Crippen molar-refractivity contribution in [3.05, 3.63) is 52.0 Å². The lowest BCUT2D eigenvalue weighted by molar-refractivity contribution is -0.113. The molecular formula is C13H10FNOS2. The minimum absolute atomic E-state index is 0.0292. The summed E-state index contributed by atoms with van der Waals surface area (Å²) < 4.78 is 13.9. The van der Waals surface area contributed by atoms with Crippen LogP contribution in [0.2, 0.25) is 0 Å². The maximum absolute atomic E-state index is 13.9. The number of thiophene rings is 1. The lowest BCUT2D eigenvalue weighted by atomic mass is 10.1. The topological polar surface area (TPSA) is 29.1 Å². The number of rotatable bonds is 1. The molecule has 18 heavy (non-hydrogen) atoms. The lowest BCUT2D eigenvalue weighted by Crippen LogP contribution is -2.11. The number of carbonyl (C=O) groups is 1. The van der Waals surface area contributed by atoms with Crippen molar-refractivity contribution in [1.82, 2.24) is 0 Å². The molecule has 1 amide bonds. The highest BCUT2D eigenvalue weighted by atomic mass is 32.2. The molecule has 92 valence electrons. The van der Waals surface area contributed by atoms with E-state index in [1.165, 1.54) is 17.8 Å². The van der Waals surface area contributed by atoms with Crippen molar-refractivity contribution in [2.75, 3.05) is 11.1 Å². The smallest absolute Gasteiger partial charge is 0.234 e. The second kappa shape index (κ2) is 4.74. The molecule has 0 saturated carbocycles. The van der Waals surface area contributed by atoms with E-state index in [4.69, 9.17) is 0 Å². The first-order valence-electron chi connectivity index (χ1n) is 5.49. The highest BCUT2D eigenvalue weighted by Gasteiger charge is 2.26. The fraction of sp³-hybridized carbons (Fsp3) is 0.154. The Labute approximate surface area is 112 Å². The molecule has 0 bridgehead atoms. The normalized spacial score (nSPS) is 18.9. The van der Waals surface area contributed by atoms with Crippen LogP contribution in [0.15, 0.2) is 35.7 Å². The highest BCUT2D eigenvalue weighted by Crippen LogP contribution is 2.44. The minimum atomic E-state index is -0.219. The third-order valence-electron chi connectivity index (χ3n) is 2.78. The van der Waals surface area contributed by atoms with Crippen molar-refractivity contribution in [1.29, 1.82) is 0 Å². The van der Waals surface area contributed by atoms with E-state index in [1.807, 2.05) is 17.5 Å². The molecule has 1 aromatic heterocycles. The largest absolute Gasteiger partial charge is 0.324 e. The number of nitrogens with one attached hydrogen (secondary N) is 1. The Morgan fingerprint density at radius 1 is 1.28 bits per heavy atom. The van der Waals surface area contributed by atoms with Gasteiger partial charge in [0.25, 0.3) is 0 Å². The Kier molecular flexibility index (Phi) is 3.09. The highest BCUT2D eigenvalue weighted by molar-refractivity contribution is 8.00. The van der Waals surface area contributed by atoms with Gasteiger partial charge < -0.3 is 5.32 Å². The minimum Gasteiger partial charge on any atom is -0.324 e. The first kappa shape index (κ1) is 11.7. The van der Waals surface area contributed by atoms with E-state index in [0.29, 0.717) is 11.3 Å². The molecule has 0 saturated heterocycles. The predicted molar refractivity (Wildman–Crippen MR) is 73.6 cm³/mol. The van der Waals surface area contributed by atoms with Crippen molar-refractivity contribution in [2.24, 2.45) is 0 Å². The SMILES string of the molecule is O=C1CS[C@@H](c2ccccc2F)c2sccc2N1. The van der Waals surface area contributed by atoms with E-state index in [2.05, 4.69) is 5.32 Å². The number of fused-ring (bicyclic) bond motifs is 1. The first-order chi connectivity index (χ1) is 8.75. The van der Waals surface area contributed by atoms with E-state index in [9.17, 15) is 9.18 Å². The Morgan fingerprint density at radius 2 is 2.11 bits per heavy atom. The average Bonchev–Trinajstić information content (AvgIpc) is 2.74. The van der Waals surface area contributed by atoms with E-state index in [1.54, 1.807) is 23.5 Å². The Hall–Kier alpha value is -1.33. The molecule has 5 heteroatoms. The molecule has 1 N–H and O–H groups in total. The number of benzene rings is 1. The van der Waals surface area contributed by atoms with Crippen LogP contribution < -0.4 is 5.32 Å². The van der Waals surface area contributed by atoms with Crippen LogP contribution in [0.5, 0.6) is 0 Å². The lowest BCUT2D eigenvalue weighted by Gasteiger charge is -2.14. The maximum Gasteiger partial charge on any atom is 0.234 e. The summed E-state index contributed by atoms with van der Waals surface area (Å²) in [5.41, 5.74) is 1.45. The second-order valence-corrected chi connectivity index (χ2v) is 6.00. The van der Waals surface area contributed by atoms with E-state index < -0.39 is 0 Å². The van der Waals surface area contributed by atoms with Crippen molar-refractivity contribution in [2.45, 2.75) is 5.25 Å². The number of anilines is 1. The molecule has 0 spiro atoms. The number of hydrogen-bond donors (Lipinski definition) is 1. The zero-order valence-electron chi connectivity index (χ0n) is 9.35. The van der Waals surface area contributed by atoms with E-state index in [0.717, 1.165) is 10.6 Å². The van der Waals surface area contributed by atoms with Gasteiger partial charge in [-0.05, 0) is 17.5 Å². The maximum atomic E-state index is 13.9. The van der Waals surface area contributed by atoms with Crippen LogP contribution in [-0.4, -0.2) is 11.7 Å². The van der Waals surface area contributed by atoms with Gasteiger partial charge in [0, 0.05) is 10.4 Å². The van der Waals surface area contributed by atoms with Crippen LogP contribution >= 0.6 is 23.1 Å². The molecule has 0 fully saturated rings. The second-order valence-electron chi connectivity index (χ2n) is 3.96. The predicted octanol–water partition coefficient (Wildman–Crippen LogP) is 3.66. The summed E-state index contributed by atoms with van der Waals surface area (Å²) in [6.07, 6.45) is 0. The number of halogens is 1. The molecule has 2 heterocycles. The fourth-order valence-electron chi connectivity index (χ4n) is 1.97. The van der Waals surface area contributed by atoms with Crippen LogP contribution in [0.1, 0.15) is 15.7 Å². The van der Waals surface area contributed by atoms with E-state index in [-0.39, 0.29) is 17.0 Å². The van der Waals surface area contributed by atoms with Gasteiger partial charge in [0.05, 0.1) is 16.7 Å². The first-order valence-corrected chi connectivity index (χ1v) is 7.42. The molecule has 1 aliphatic heterocycles. The third kappa shape index (κ3) is 2.04. The number of carbonyl (C=O) groups excluding carboxylic acids is 1. The molecule has 2 nitrogen and oxygen atoms in total. The van der Waals surface area contributed by atoms with Crippen molar-refractivity contribution in [3.8, 4) is 0 Å². The van der Waals surface area contributed by atoms with Crippen molar-refractivity contribution >= 4 is 34.7 Å². The van der Waals surface area contributed by atoms with Crippen LogP contribution in [0.3, 0.4) is 0 Å². The van der Waals surface area contributed by atoms with Gasteiger partial charge in [-0.3, -0.25) is 4.79 Å². The summed E-state index contributed by atoms with van der Waals surface area (Å²) in [4.78, 5) is 12.6. The van der Waals surface area contributed by atoms with Gasteiger partial charge in [-0.1, -0.05) is 18.2 Å². The number of amides is 1. The average molecular weight is 279 g/mol. The monoisotopic (exact) mass is 279 g/mol. The molecule has 0 aliphatic carbocycles. The molecular weight excluding hydrogens is 269 g/mol. The van der Waals surface area contributed by atoms with Crippen LogP contribution in [-0.2, 0) is 4.79 Å². The quantitative estimate of drug-likeness (QED) is 0.863. The zero-order valence-corrected chi connectivity index (χ0v) is 11.0. The van der Waals surface area contributed by atoms with Gasteiger partial charge in [-0.2, -0.15) is 0 Å². The summed E-state index contributed by atoms with van der Waals surface area (Å²) in [5, 5.41) is 4.66. The molecule has 2 aromatic rings. The Morgan fingerprint density at radius 3 is 2.94 bits per heavy atom. The molecule has 1 aliphatic rings. The van der Waals surface area contributed by atoms with Gasteiger partial charge in [-0.15, -0.1) is 23.1 Å². The summed E-state index contributed by atoms with van der Waals surface area (Å²) >= 11 is 3.02. The van der Waals surface area contributed by atoms with Crippen molar-refractivity contribution < 1.29 is 9.18 Å². The molecule has 1 aromatic carbocycles. The number of hydrogen-bond acceptors (Lipinski definition) is 3. The van der Waals surface area contributed by atoms with Gasteiger partial charge in [0.15, 0.2) is 0 Å². The van der Waals surface area contributed by atoms with Crippen LogP contribution in [0.4, 0.5) is 10.1 Å². The van der Waals surface area contributed by atoms with Gasteiger partial charge in [0.2, 0.25) is 5.91 Å². The summed E-state index contributed by atoms with van der Waals surface area (Å²) in [6, 6.07) is 8.62. The summed E-state index contributed by atoms with van der Waals surface area (Å²) in [5.74, 6) is 0.0996. The van der Waals surface area contributed by atoms with Crippen LogP contribution in [0.25, 0.3) is 0 Å². The van der Waals surface area contributed by atoms with Gasteiger partial charge >= 0.3 is 0 Å². The molecule has 3 rings (SSSR count). The van der Waals surface area contributed by atoms with Crippen LogP contribution in [0, 0.1) is 5.82 Å².